The van der Waals surface area contributed by atoms with E-state index in [1.807, 2.05) is 0 Å². The summed E-state index contributed by atoms with van der Waals surface area (Å²) in [5.41, 5.74) is -0.441. The van der Waals surface area contributed by atoms with E-state index in [1.165, 1.54) is 12.8 Å². The molecule has 0 spiro atoms. The highest BCUT2D eigenvalue weighted by molar-refractivity contribution is 5.75. The molecule has 0 saturated heterocycles. The Balaban J connectivity index is 2.55. The summed E-state index contributed by atoms with van der Waals surface area (Å²) in [7, 11) is 0. The van der Waals surface area contributed by atoms with E-state index in [1.54, 1.807) is 0 Å². The van der Waals surface area contributed by atoms with Gasteiger partial charge in [0.15, 0.2) is 0 Å². The molecule has 1 saturated carbocycles. The number of hydrogen-bond acceptors (Lipinski definition) is 2. The fraction of sp³-hybridized carbons (Fsp3) is 0.923. The smallest absolute Gasteiger partial charge is 0.310 e. The summed E-state index contributed by atoms with van der Waals surface area (Å²) in [6, 6.07) is 0. The zero-order chi connectivity index (χ0) is 12.0. The Hall–Kier alpha value is -0.570. The number of unbranched alkanes of at least 4 members (excludes halogenated alkanes) is 1. The minimum atomic E-state index is -0.583. The van der Waals surface area contributed by atoms with Crippen molar-refractivity contribution in [1.82, 2.24) is 4.90 Å². The highest BCUT2D eigenvalue weighted by atomic mass is 16.4. The van der Waals surface area contributed by atoms with E-state index in [4.69, 9.17) is 0 Å². The molecule has 94 valence electrons. The molecular weight excluding hydrogens is 202 g/mol. The van der Waals surface area contributed by atoms with Crippen molar-refractivity contribution in [3.8, 4) is 0 Å². The molecule has 0 radical (unpaired) electrons. The maximum atomic E-state index is 11.4. The van der Waals surface area contributed by atoms with Crippen molar-refractivity contribution in [3.63, 3.8) is 0 Å². The van der Waals surface area contributed by atoms with Gasteiger partial charge in [0.25, 0.3) is 0 Å². The van der Waals surface area contributed by atoms with Crippen molar-refractivity contribution in [1.29, 1.82) is 0 Å². The summed E-state index contributed by atoms with van der Waals surface area (Å²) in [5.74, 6) is -0.583. The third-order valence-electron chi connectivity index (χ3n) is 3.82. The number of aliphatic carboxylic acids is 1. The van der Waals surface area contributed by atoms with Crippen LogP contribution in [0.3, 0.4) is 0 Å². The van der Waals surface area contributed by atoms with Gasteiger partial charge in [-0.2, -0.15) is 0 Å². The summed E-state index contributed by atoms with van der Waals surface area (Å²) in [4.78, 5) is 13.7. The fourth-order valence-electron chi connectivity index (χ4n) is 2.65. The predicted octanol–water partition coefficient (Wildman–Crippen LogP) is 2.75. The van der Waals surface area contributed by atoms with Crippen LogP contribution in [0.2, 0.25) is 0 Å². The van der Waals surface area contributed by atoms with Gasteiger partial charge in [0.2, 0.25) is 0 Å². The lowest BCUT2D eigenvalue weighted by molar-refractivity contribution is -0.149. The first kappa shape index (κ1) is 13.5. The quantitative estimate of drug-likeness (QED) is 0.727. The molecule has 1 rings (SSSR count). The van der Waals surface area contributed by atoms with Gasteiger partial charge in [-0.3, -0.25) is 4.79 Å². The highest BCUT2D eigenvalue weighted by Gasteiger charge is 2.42. The number of hydrogen-bond donors (Lipinski definition) is 1. The molecule has 0 aromatic carbocycles. The van der Waals surface area contributed by atoms with E-state index in [0.29, 0.717) is 0 Å². The second kappa shape index (κ2) is 6.24. The molecule has 0 atom stereocenters. The van der Waals surface area contributed by atoms with Crippen LogP contribution in [-0.2, 0) is 4.79 Å². The van der Waals surface area contributed by atoms with Crippen molar-refractivity contribution in [2.75, 3.05) is 19.6 Å². The van der Waals surface area contributed by atoms with E-state index < -0.39 is 11.4 Å². The van der Waals surface area contributed by atoms with Crippen molar-refractivity contribution >= 4 is 5.97 Å². The van der Waals surface area contributed by atoms with Gasteiger partial charge >= 0.3 is 5.97 Å². The summed E-state index contributed by atoms with van der Waals surface area (Å²) >= 11 is 0. The molecule has 0 amide bonds. The Labute approximate surface area is 98.8 Å². The standard InChI is InChI=1S/C13H25NO2/c1-3-5-10-14(4-2)11-13(12(15)16)8-6-7-9-13/h3-11H2,1-2H3,(H,15,16). The Kier molecular flexibility index (Phi) is 5.26. The van der Waals surface area contributed by atoms with E-state index >= 15 is 0 Å². The predicted molar refractivity (Wildman–Crippen MR) is 65.6 cm³/mol. The molecule has 0 heterocycles. The topological polar surface area (TPSA) is 40.5 Å². The molecule has 3 heteroatoms. The minimum absolute atomic E-state index is 0.441. The number of carboxylic acid groups (broad SMARTS) is 1. The highest BCUT2D eigenvalue weighted by Crippen LogP contribution is 2.39. The molecule has 0 bridgehead atoms. The maximum Gasteiger partial charge on any atom is 0.310 e. The monoisotopic (exact) mass is 227 g/mol. The lowest BCUT2D eigenvalue weighted by Crippen LogP contribution is -2.41. The zero-order valence-corrected chi connectivity index (χ0v) is 10.7. The van der Waals surface area contributed by atoms with Crippen LogP contribution in [0.1, 0.15) is 52.4 Å². The van der Waals surface area contributed by atoms with Crippen LogP contribution in [0.25, 0.3) is 0 Å². The van der Waals surface area contributed by atoms with E-state index in [0.717, 1.165) is 45.3 Å². The molecule has 3 nitrogen and oxygen atoms in total. The van der Waals surface area contributed by atoms with Crippen molar-refractivity contribution in [2.45, 2.75) is 52.4 Å². The summed E-state index contributed by atoms with van der Waals surface area (Å²) in [6.07, 6.45) is 6.24. The van der Waals surface area contributed by atoms with Crippen LogP contribution in [0, 0.1) is 5.41 Å². The Morgan fingerprint density at radius 3 is 2.38 bits per heavy atom. The van der Waals surface area contributed by atoms with Crippen molar-refractivity contribution in [2.24, 2.45) is 5.41 Å². The van der Waals surface area contributed by atoms with E-state index in [9.17, 15) is 9.90 Å². The number of rotatable bonds is 7. The first-order valence-electron chi connectivity index (χ1n) is 6.60. The normalized spacial score (nSPS) is 19.2. The summed E-state index contributed by atoms with van der Waals surface area (Å²) in [6.45, 7) is 7.06. The van der Waals surface area contributed by atoms with Gasteiger partial charge in [-0.1, -0.05) is 33.1 Å². The molecule has 0 unspecified atom stereocenters. The lowest BCUT2D eigenvalue weighted by Gasteiger charge is -2.31. The van der Waals surface area contributed by atoms with Crippen molar-refractivity contribution < 1.29 is 9.90 Å². The van der Waals surface area contributed by atoms with Gasteiger partial charge in [-0.25, -0.2) is 0 Å². The van der Waals surface area contributed by atoms with Gasteiger partial charge in [0.05, 0.1) is 5.41 Å². The molecule has 1 aliphatic rings. The summed E-state index contributed by atoms with van der Waals surface area (Å²) < 4.78 is 0. The Morgan fingerprint density at radius 2 is 1.94 bits per heavy atom. The number of carboxylic acids is 1. The van der Waals surface area contributed by atoms with Gasteiger partial charge in [-0.05, 0) is 32.4 Å². The molecule has 1 N–H and O–H groups in total. The average molecular weight is 227 g/mol. The largest absolute Gasteiger partial charge is 0.481 e. The summed E-state index contributed by atoms with van der Waals surface area (Å²) in [5, 5.41) is 9.41. The molecule has 0 aliphatic heterocycles. The molecule has 0 aromatic rings. The van der Waals surface area contributed by atoms with Crippen LogP contribution in [0.15, 0.2) is 0 Å². The van der Waals surface area contributed by atoms with Crippen LogP contribution in [-0.4, -0.2) is 35.6 Å². The lowest BCUT2D eigenvalue weighted by atomic mass is 9.85. The molecule has 1 fully saturated rings. The number of nitrogens with zero attached hydrogens (tertiary/aromatic N) is 1. The van der Waals surface area contributed by atoms with Gasteiger partial charge < -0.3 is 10.0 Å². The first-order valence-corrected chi connectivity index (χ1v) is 6.60. The second-order valence-corrected chi connectivity index (χ2v) is 5.01. The van der Waals surface area contributed by atoms with E-state index in [2.05, 4.69) is 18.7 Å². The zero-order valence-electron chi connectivity index (χ0n) is 10.7. The van der Waals surface area contributed by atoms with Gasteiger partial charge in [-0.15, -0.1) is 0 Å². The number of carbonyl (C=O) groups is 1. The van der Waals surface area contributed by atoms with Crippen molar-refractivity contribution in [3.05, 3.63) is 0 Å². The van der Waals surface area contributed by atoms with Gasteiger partial charge in [0.1, 0.15) is 0 Å². The van der Waals surface area contributed by atoms with Crippen LogP contribution >= 0.6 is 0 Å². The van der Waals surface area contributed by atoms with Gasteiger partial charge in [0, 0.05) is 6.54 Å². The van der Waals surface area contributed by atoms with Crippen LogP contribution in [0.4, 0.5) is 0 Å². The maximum absolute atomic E-state index is 11.4. The molecule has 1 aliphatic carbocycles. The SMILES string of the molecule is CCCCN(CC)CC1(C(=O)O)CCCC1. The Morgan fingerprint density at radius 1 is 1.31 bits per heavy atom. The van der Waals surface area contributed by atoms with Crippen LogP contribution in [0.5, 0.6) is 0 Å². The van der Waals surface area contributed by atoms with Crippen LogP contribution < -0.4 is 0 Å². The average Bonchev–Trinajstić information content (AvgIpc) is 2.74. The third kappa shape index (κ3) is 3.21. The molecule has 16 heavy (non-hydrogen) atoms. The first-order chi connectivity index (χ1) is 7.64. The molecule has 0 aromatic heterocycles. The second-order valence-electron chi connectivity index (χ2n) is 5.01. The van der Waals surface area contributed by atoms with E-state index in [-0.39, 0.29) is 0 Å². The minimum Gasteiger partial charge on any atom is -0.481 e. The fourth-order valence-corrected chi connectivity index (χ4v) is 2.65. The third-order valence-corrected chi connectivity index (χ3v) is 3.82. The Bertz CT molecular complexity index is 222. The molecular formula is C13H25NO2.